The van der Waals surface area contributed by atoms with Crippen LogP contribution in [-0.2, 0) is 14.3 Å². The summed E-state index contributed by atoms with van der Waals surface area (Å²) in [6, 6.07) is 13.7. The third kappa shape index (κ3) is 4.83. The summed E-state index contributed by atoms with van der Waals surface area (Å²) < 4.78 is 10.5. The maximum Gasteiger partial charge on any atom is 0.338 e. The van der Waals surface area contributed by atoms with E-state index in [-0.39, 0.29) is 24.4 Å². The molecule has 1 saturated heterocycles. The van der Waals surface area contributed by atoms with Gasteiger partial charge in [0, 0.05) is 13.2 Å². The van der Waals surface area contributed by atoms with Gasteiger partial charge in [0.15, 0.2) is 6.61 Å². The van der Waals surface area contributed by atoms with Crippen LogP contribution in [0.4, 0.5) is 0 Å². The highest BCUT2D eigenvalue weighted by molar-refractivity contribution is 5.91. The van der Waals surface area contributed by atoms with E-state index in [0.717, 1.165) is 30.6 Å². The number of phenolic OH excluding ortho intramolecular Hbond substituents is 1. The number of phenols is 1. The van der Waals surface area contributed by atoms with Crippen LogP contribution in [-0.4, -0.2) is 42.8 Å². The standard InChI is InChI=1S/C20H21NO5/c22-17-9-7-15(8-10-17)14-3-5-16(6-4-14)20(24)26-13-19(23)21-12-18-2-1-11-25-18/h3-10,18,22H,1-2,11-13H2,(H,21,23)/t18-/m1/s1. The molecule has 136 valence electrons. The number of carbonyl (C=O) groups is 2. The van der Waals surface area contributed by atoms with Crippen molar-refractivity contribution in [2.24, 2.45) is 0 Å². The molecule has 0 aliphatic carbocycles. The first kappa shape index (κ1) is 17.9. The number of aromatic hydroxyl groups is 1. The van der Waals surface area contributed by atoms with Crippen LogP contribution in [0, 0.1) is 0 Å². The van der Waals surface area contributed by atoms with E-state index in [1.165, 1.54) is 0 Å². The molecule has 3 rings (SSSR count). The molecule has 1 heterocycles. The molecule has 6 heteroatoms. The molecule has 0 radical (unpaired) electrons. The van der Waals surface area contributed by atoms with Gasteiger partial charge in [-0.1, -0.05) is 24.3 Å². The average molecular weight is 355 g/mol. The molecule has 1 amide bonds. The zero-order valence-electron chi connectivity index (χ0n) is 14.3. The van der Waals surface area contributed by atoms with Crippen LogP contribution in [0.25, 0.3) is 11.1 Å². The highest BCUT2D eigenvalue weighted by atomic mass is 16.5. The fourth-order valence-corrected chi connectivity index (χ4v) is 2.75. The molecule has 0 unspecified atom stereocenters. The van der Waals surface area contributed by atoms with Gasteiger partial charge in [0.05, 0.1) is 11.7 Å². The summed E-state index contributed by atoms with van der Waals surface area (Å²) in [6.45, 7) is 0.860. The van der Waals surface area contributed by atoms with E-state index in [2.05, 4.69) is 5.32 Å². The van der Waals surface area contributed by atoms with Gasteiger partial charge in [0.1, 0.15) is 5.75 Å². The molecule has 1 aliphatic rings. The summed E-state index contributed by atoms with van der Waals surface area (Å²) in [5, 5.41) is 12.0. The summed E-state index contributed by atoms with van der Waals surface area (Å²) in [7, 11) is 0. The zero-order valence-corrected chi connectivity index (χ0v) is 14.3. The van der Waals surface area contributed by atoms with Crippen molar-refractivity contribution in [2.75, 3.05) is 19.8 Å². The van der Waals surface area contributed by atoms with Gasteiger partial charge in [-0.15, -0.1) is 0 Å². The summed E-state index contributed by atoms with van der Waals surface area (Å²) >= 11 is 0. The predicted molar refractivity (Wildman–Crippen MR) is 95.8 cm³/mol. The van der Waals surface area contributed by atoms with Crippen molar-refractivity contribution in [1.29, 1.82) is 0 Å². The fourth-order valence-electron chi connectivity index (χ4n) is 2.75. The van der Waals surface area contributed by atoms with Gasteiger partial charge in [-0.3, -0.25) is 4.79 Å². The van der Waals surface area contributed by atoms with Crippen molar-refractivity contribution in [3.8, 4) is 16.9 Å². The van der Waals surface area contributed by atoms with Crippen molar-refractivity contribution in [3.05, 3.63) is 54.1 Å². The summed E-state index contributed by atoms with van der Waals surface area (Å²) in [6.07, 6.45) is 2.01. The van der Waals surface area contributed by atoms with Gasteiger partial charge < -0.3 is 19.9 Å². The van der Waals surface area contributed by atoms with Crippen LogP contribution in [0.1, 0.15) is 23.2 Å². The Bertz CT molecular complexity index is 749. The molecular formula is C20H21NO5. The lowest BCUT2D eigenvalue weighted by Crippen LogP contribution is -2.34. The number of benzene rings is 2. The number of hydrogen-bond donors (Lipinski definition) is 2. The first-order chi connectivity index (χ1) is 12.6. The Hall–Kier alpha value is -2.86. The van der Waals surface area contributed by atoms with Gasteiger partial charge in [-0.05, 0) is 48.2 Å². The smallest absolute Gasteiger partial charge is 0.338 e. The molecule has 1 aliphatic heterocycles. The minimum Gasteiger partial charge on any atom is -0.508 e. The Balaban J connectivity index is 1.48. The van der Waals surface area contributed by atoms with Crippen LogP contribution < -0.4 is 5.32 Å². The van der Waals surface area contributed by atoms with Crippen LogP contribution in [0.5, 0.6) is 5.75 Å². The number of hydrogen-bond acceptors (Lipinski definition) is 5. The van der Waals surface area contributed by atoms with Crippen LogP contribution in [0.15, 0.2) is 48.5 Å². The zero-order chi connectivity index (χ0) is 18.4. The summed E-state index contributed by atoms with van der Waals surface area (Å²) in [5.74, 6) is -0.684. The molecule has 6 nitrogen and oxygen atoms in total. The fraction of sp³-hybridized carbons (Fsp3) is 0.300. The molecule has 1 fully saturated rings. The predicted octanol–water partition coefficient (Wildman–Crippen LogP) is 2.51. The number of esters is 1. The van der Waals surface area contributed by atoms with E-state index in [4.69, 9.17) is 9.47 Å². The summed E-state index contributed by atoms with van der Waals surface area (Å²) in [5.41, 5.74) is 2.21. The van der Waals surface area contributed by atoms with Crippen LogP contribution >= 0.6 is 0 Å². The Morgan fingerprint density at radius 1 is 1.08 bits per heavy atom. The first-order valence-electron chi connectivity index (χ1n) is 8.57. The lowest BCUT2D eigenvalue weighted by Gasteiger charge is -2.11. The summed E-state index contributed by atoms with van der Waals surface area (Å²) in [4.78, 5) is 23.8. The molecule has 2 aromatic rings. The Morgan fingerprint density at radius 2 is 1.73 bits per heavy atom. The highest BCUT2D eigenvalue weighted by Gasteiger charge is 2.17. The average Bonchev–Trinajstić information content (AvgIpc) is 3.19. The van der Waals surface area contributed by atoms with E-state index in [9.17, 15) is 14.7 Å². The van der Waals surface area contributed by atoms with Crippen molar-refractivity contribution < 1.29 is 24.2 Å². The topological polar surface area (TPSA) is 84.9 Å². The van der Waals surface area contributed by atoms with Gasteiger partial charge in [0.25, 0.3) is 5.91 Å². The quantitative estimate of drug-likeness (QED) is 0.778. The van der Waals surface area contributed by atoms with Crippen molar-refractivity contribution in [2.45, 2.75) is 18.9 Å². The molecule has 0 spiro atoms. The Morgan fingerprint density at radius 3 is 2.35 bits per heavy atom. The maximum absolute atomic E-state index is 12.0. The second-order valence-electron chi connectivity index (χ2n) is 6.14. The van der Waals surface area contributed by atoms with Gasteiger partial charge in [-0.2, -0.15) is 0 Å². The molecule has 2 N–H and O–H groups in total. The maximum atomic E-state index is 12.0. The Labute approximate surface area is 151 Å². The number of ether oxygens (including phenoxy) is 2. The van der Waals surface area contributed by atoms with Crippen molar-refractivity contribution in [3.63, 3.8) is 0 Å². The van der Waals surface area contributed by atoms with Crippen LogP contribution in [0.3, 0.4) is 0 Å². The van der Waals surface area contributed by atoms with Crippen molar-refractivity contribution >= 4 is 11.9 Å². The second kappa shape index (κ2) is 8.49. The number of nitrogens with one attached hydrogen (secondary N) is 1. The van der Waals surface area contributed by atoms with Crippen molar-refractivity contribution in [1.82, 2.24) is 5.32 Å². The van der Waals surface area contributed by atoms with E-state index in [1.54, 1.807) is 48.5 Å². The van der Waals surface area contributed by atoms with Gasteiger partial charge in [0.2, 0.25) is 0 Å². The van der Waals surface area contributed by atoms with E-state index >= 15 is 0 Å². The molecule has 0 bridgehead atoms. The molecule has 1 atom stereocenters. The minimum absolute atomic E-state index is 0.0575. The van der Waals surface area contributed by atoms with Crippen LogP contribution in [0.2, 0.25) is 0 Å². The molecule has 26 heavy (non-hydrogen) atoms. The largest absolute Gasteiger partial charge is 0.508 e. The molecule has 2 aromatic carbocycles. The van der Waals surface area contributed by atoms with E-state index in [0.29, 0.717) is 12.1 Å². The van der Waals surface area contributed by atoms with Gasteiger partial charge in [-0.25, -0.2) is 4.79 Å². The molecule has 0 saturated carbocycles. The first-order valence-corrected chi connectivity index (χ1v) is 8.57. The second-order valence-corrected chi connectivity index (χ2v) is 6.14. The number of amides is 1. The minimum atomic E-state index is -0.547. The third-order valence-corrected chi connectivity index (χ3v) is 4.21. The Kier molecular flexibility index (Phi) is 5.86. The van der Waals surface area contributed by atoms with E-state index in [1.807, 2.05) is 0 Å². The number of rotatable bonds is 6. The lowest BCUT2D eigenvalue weighted by molar-refractivity contribution is -0.124. The van der Waals surface area contributed by atoms with E-state index < -0.39 is 5.97 Å². The molecule has 0 aromatic heterocycles. The normalized spacial score (nSPS) is 16.2. The SMILES string of the molecule is O=C(COC(=O)c1ccc(-c2ccc(O)cc2)cc1)NC[C@H]1CCCO1. The monoisotopic (exact) mass is 355 g/mol. The lowest BCUT2D eigenvalue weighted by atomic mass is 10.0. The van der Waals surface area contributed by atoms with Gasteiger partial charge >= 0.3 is 5.97 Å². The highest BCUT2D eigenvalue weighted by Crippen LogP contribution is 2.22. The number of carbonyl (C=O) groups excluding carboxylic acids is 2. The third-order valence-electron chi connectivity index (χ3n) is 4.21. The molecular weight excluding hydrogens is 334 g/mol.